The van der Waals surface area contributed by atoms with Crippen LogP contribution in [0.25, 0.3) is 0 Å². The third kappa shape index (κ3) is 5.32. The molecule has 0 unspecified atom stereocenters. The molecule has 1 fully saturated rings. The summed E-state index contributed by atoms with van der Waals surface area (Å²) < 4.78 is 5.16. The molecule has 0 aliphatic carbocycles. The minimum atomic E-state index is -0.283. The molecule has 1 aliphatic heterocycles. The minimum Gasteiger partial charge on any atom is -0.469 e. The van der Waals surface area contributed by atoms with Crippen molar-refractivity contribution in [2.75, 3.05) is 43.4 Å². The van der Waals surface area contributed by atoms with E-state index in [1.54, 1.807) is 24.6 Å². The predicted octanol–water partition coefficient (Wildman–Crippen LogP) is 2.30. The smallest absolute Gasteiger partial charge is 0.260 e. The summed E-state index contributed by atoms with van der Waals surface area (Å²) in [5.74, 6) is 1.06. The van der Waals surface area contributed by atoms with Gasteiger partial charge >= 0.3 is 0 Å². The molecule has 1 aliphatic rings. The molecule has 0 saturated carbocycles. The van der Waals surface area contributed by atoms with Gasteiger partial charge in [0.2, 0.25) is 5.91 Å². The number of aromatic nitrogens is 2. The highest BCUT2D eigenvalue weighted by Crippen LogP contribution is 2.20. The highest BCUT2D eigenvalue weighted by Gasteiger charge is 2.19. The number of thiazole rings is 1. The van der Waals surface area contributed by atoms with E-state index in [1.165, 1.54) is 17.6 Å². The van der Waals surface area contributed by atoms with E-state index in [-0.39, 0.29) is 18.2 Å². The Morgan fingerprint density at radius 3 is 2.78 bits per heavy atom. The molecule has 2 amide bonds. The number of anilines is 2. The molecule has 0 atom stereocenters. The first-order valence-corrected chi connectivity index (χ1v) is 11.3. The number of nitrogens with zero attached hydrogens (tertiary/aromatic N) is 4. The van der Waals surface area contributed by atoms with Crippen molar-refractivity contribution in [1.29, 1.82) is 0 Å². The maximum Gasteiger partial charge on any atom is 0.260 e. The standard InChI is InChI=1S/C22H26N6O3S/c1-15-18(5-11-31-15)21(30)26-22-25-17(14-32-22)12-19(29)24-13-16-4-3-6-23-20(16)28-9-7-27(2)8-10-28/h3-6,11,14H,7-10,12-13H2,1-2H3,(H,24,29)(H,25,26,30). The van der Waals surface area contributed by atoms with Crippen LogP contribution in [-0.2, 0) is 17.8 Å². The molecule has 3 aromatic rings. The molecule has 9 nitrogen and oxygen atoms in total. The lowest BCUT2D eigenvalue weighted by Crippen LogP contribution is -2.45. The second-order valence-electron chi connectivity index (χ2n) is 7.72. The highest BCUT2D eigenvalue weighted by molar-refractivity contribution is 7.14. The van der Waals surface area contributed by atoms with Crippen molar-refractivity contribution in [1.82, 2.24) is 20.2 Å². The zero-order chi connectivity index (χ0) is 22.5. The summed E-state index contributed by atoms with van der Waals surface area (Å²) >= 11 is 1.28. The fourth-order valence-electron chi connectivity index (χ4n) is 3.52. The number of carbonyl (C=O) groups excluding carboxylic acids is 2. The Balaban J connectivity index is 1.31. The second kappa shape index (κ2) is 9.92. The van der Waals surface area contributed by atoms with Crippen molar-refractivity contribution in [3.63, 3.8) is 0 Å². The summed E-state index contributed by atoms with van der Waals surface area (Å²) in [5, 5.41) is 7.93. The van der Waals surface area contributed by atoms with Gasteiger partial charge in [-0.05, 0) is 26.1 Å². The molecule has 2 N–H and O–H groups in total. The summed E-state index contributed by atoms with van der Waals surface area (Å²) in [7, 11) is 2.12. The van der Waals surface area contributed by atoms with Crippen LogP contribution < -0.4 is 15.5 Å². The monoisotopic (exact) mass is 454 g/mol. The Labute approximate surface area is 190 Å². The fraction of sp³-hybridized carbons (Fsp3) is 0.364. The van der Waals surface area contributed by atoms with E-state index in [1.807, 2.05) is 12.1 Å². The van der Waals surface area contributed by atoms with E-state index >= 15 is 0 Å². The number of hydrogen-bond donors (Lipinski definition) is 2. The molecule has 3 aromatic heterocycles. The Kier molecular flexibility index (Phi) is 6.81. The third-order valence-corrected chi connectivity index (χ3v) is 6.17. The Morgan fingerprint density at radius 2 is 2.03 bits per heavy atom. The lowest BCUT2D eigenvalue weighted by Gasteiger charge is -2.34. The molecular formula is C22H26N6O3S. The number of furan rings is 1. The Hall–Kier alpha value is -3.24. The zero-order valence-electron chi connectivity index (χ0n) is 18.1. The van der Waals surface area contributed by atoms with Gasteiger partial charge in [0.1, 0.15) is 11.6 Å². The lowest BCUT2D eigenvalue weighted by atomic mass is 10.2. The predicted molar refractivity (Wildman–Crippen MR) is 123 cm³/mol. The van der Waals surface area contributed by atoms with Gasteiger partial charge in [-0.25, -0.2) is 9.97 Å². The van der Waals surface area contributed by atoms with Crippen molar-refractivity contribution in [3.05, 3.63) is 58.6 Å². The molecule has 0 bridgehead atoms. The van der Waals surface area contributed by atoms with Gasteiger partial charge in [0.15, 0.2) is 5.13 Å². The molecule has 1 saturated heterocycles. The first-order chi connectivity index (χ1) is 15.5. The van der Waals surface area contributed by atoms with Crippen LogP contribution in [0.4, 0.5) is 10.9 Å². The van der Waals surface area contributed by atoms with Crippen LogP contribution >= 0.6 is 11.3 Å². The van der Waals surface area contributed by atoms with Gasteiger partial charge < -0.3 is 19.5 Å². The average molecular weight is 455 g/mol. The van der Waals surface area contributed by atoms with Gasteiger partial charge in [0, 0.05) is 49.9 Å². The summed E-state index contributed by atoms with van der Waals surface area (Å²) in [5.41, 5.74) is 2.07. The van der Waals surface area contributed by atoms with Crippen molar-refractivity contribution in [3.8, 4) is 0 Å². The first-order valence-electron chi connectivity index (χ1n) is 10.4. The number of nitrogens with one attached hydrogen (secondary N) is 2. The van der Waals surface area contributed by atoms with Crippen LogP contribution in [0.2, 0.25) is 0 Å². The number of aryl methyl sites for hydroxylation is 1. The summed E-state index contributed by atoms with van der Waals surface area (Å²) in [6, 6.07) is 5.49. The molecule has 4 heterocycles. The maximum absolute atomic E-state index is 12.5. The van der Waals surface area contributed by atoms with Crippen molar-refractivity contribution in [2.45, 2.75) is 19.9 Å². The average Bonchev–Trinajstić information content (AvgIpc) is 3.41. The van der Waals surface area contributed by atoms with E-state index in [0.717, 1.165) is 37.6 Å². The minimum absolute atomic E-state index is 0.132. The van der Waals surface area contributed by atoms with Gasteiger partial charge in [-0.15, -0.1) is 11.3 Å². The number of amides is 2. The van der Waals surface area contributed by atoms with E-state index in [2.05, 4.69) is 37.4 Å². The number of piperazine rings is 1. The maximum atomic E-state index is 12.5. The summed E-state index contributed by atoms with van der Waals surface area (Å²) in [6.45, 7) is 5.95. The van der Waals surface area contributed by atoms with Crippen molar-refractivity contribution in [2.24, 2.45) is 0 Å². The number of likely N-dealkylation sites (N-methyl/N-ethyl adjacent to an activating group) is 1. The fourth-order valence-corrected chi connectivity index (χ4v) is 4.23. The largest absolute Gasteiger partial charge is 0.469 e. The normalized spacial score (nSPS) is 14.4. The lowest BCUT2D eigenvalue weighted by molar-refractivity contribution is -0.120. The molecule has 0 spiro atoms. The van der Waals surface area contributed by atoms with Gasteiger partial charge in [-0.1, -0.05) is 6.07 Å². The van der Waals surface area contributed by atoms with Gasteiger partial charge in [0.25, 0.3) is 5.91 Å². The van der Waals surface area contributed by atoms with Crippen LogP contribution in [0.3, 0.4) is 0 Å². The van der Waals surface area contributed by atoms with Gasteiger partial charge in [-0.3, -0.25) is 14.9 Å². The Bertz CT molecular complexity index is 1090. The van der Waals surface area contributed by atoms with Crippen LogP contribution in [0.1, 0.15) is 27.4 Å². The van der Waals surface area contributed by atoms with E-state index in [9.17, 15) is 9.59 Å². The van der Waals surface area contributed by atoms with Crippen molar-refractivity contribution >= 4 is 34.1 Å². The van der Waals surface area contributed by atoms with Crippen LogP contribution in [0.5, 0.6) is 0 Å². The molecule has 10 heteroatoms. The first kappa shape index (κ1) is 22.0. The topological polar surface area (TPSA) is 104 Å². The number of pyridine rings is 1. The molecule has 168 valence electrons. The zero-order valence-corrected chi connectivity index (χ0v) is 18.9. The third-order valence-electron chi connectivity index (χ3n) is 5.36. The SMILES string of the molecule is Cc1occc1C(=O)Nc1nc(CC(=O)NCc2cccnc2N2CCN(C)CC2)cs1. The molecule has 0 aromatic carbocycles. The molecule has 32 heavy (non-hydrogen) atoms. The van der Waals surface area contributed by atoms with Crippen molar-refractivity contribution < 1.29 is 14.0 Å². The number of rotatable bonds is 7. The highest BCUT2D eigenvalue weighted by atomic mass is 32.1. The molecule has 0 radical (unpaired) electrons. The quantitative estimate of drug-likeness (QED) is 0.565. The van der Waals surface area contributed by atoms with Crippen LogP contribution in [0, 0.1) is 6.92 Å². The molecule has 4 rings (SSSR count). The summed E-state index contributed by atoms with van der Waals surface area (Å²) in [6.07, 6.45) is 3.40. The van der Waals surface area contributed by atoms with Crippen LogP contribution in [0.15, 0.2) is 40.5 Å². The molecular weight excluding hydrogens is 428 g/mol. The van der Waals surface area contributed by atoms with E-state index in [4.69, 9.17) is 4.42 Å². The second-order valence-corrected chi connectivity index (χ2v) is 8.58. The van der Waals surface area contributed by atoms with Crippen LogP contribution in [-0.4, -0.2) is 59.9 Å². The Morgan fingerprint density at radius 1 is 1.22 bits per heavy atom. The number of carbonyl (C=O) groups is 2. The van der Waals surface area contributed by atoms with E-state index in [0.29, 0.717) is 28.7 Å². The summed E-state index contributed by atoms with van der Waals surface area (Å²) in [4.78, 5) is 38.2. The van der Waals surface area contributed by atoms with E-state index < -0.39 is 0 Å². The number of hydrogen-bond acceptors (Lipinski definition) is 8. The van der Waals surface area contributed by atoms with Gasteiger partial charge in [-0.2, -0.15) is 0 Å². The van der Waals surface area contributed by atoms with Gasteiger partial charge in [0.05, 0.1) is 23.9 Å².